The molecule has 3 aliphatic rings. The van der Waals surface area contributed by atoms with Gasteiger partial charge in [0.2, 0.25) is 0 Å². The lowest BCUT2D eigenvalue weighted by atomic mass is 9.86. The van der Waals surface area contributed by atoms with E-state index in [1.165, 1.54) is 23.1 Å². The number of anilines is 1. The maximum Gasteiger partial charge on any atom is 0.332 e. The van der Waals surface area contributed by atoms with Crippen LogP contribution in [0.2, 0.25) is 10.0 Å². The van der Waals surface area contributed by atoms with Gasteiger partial charge in [-0.25, -0.2) is 9.69 Å². The zero-order valence-electron chi connectivity index (χ0n) is 16.9. The summed E-state index contributed by atoms with van der Waals surface area (Å²) < 4.78 is 6.85. The summed E-state index contributed by atoms with van der Waals surface area (Å²) in [5.74, 6) is -0.665. The van der Waals surface area contributed by atoms with E-state index in [-0.39, 0.29) is 25.3 Å². The second-order valence-corrected chi connectivity index (χ2v) is 10.2. The Morgan fingerprint density at radius 2 is 1.78 bits per heavy atom. The number of fused-ring (bicyclic) bond motifs is 1. The highest BCUT2D eigenvalue weighted by Crippen LogP contribution is 2.48. The monoisotopic (exact) mass is 537 g/mol. The molecule has 2 aromatic rings. The molecule has 0 aromatic heterocycles. The van der Waals surface area contributed by atoms with E-state index in [0.717, 1.165) is 14.9 Å². The van der Waals surface area contributed by atoms with E-state index in [1.54, 1.807) is 6.92 Å². The number of carbonyl (C=O) groups is 3. The highest BCUT2D eigenvalue weighted by atomic mass is 79.9. The van der Waals surface area contributed by atoms with Crippen molar-refractivity contribution in [3.05, 3.63) is 62.5 Å². The Morgan fingerprint density at radius 3 is 2.38 bits per heavy atom. The van der Waals surface area contributed by atoms with Gasteiger partial charge in [0.05, 0.1) is 12.2 Å². The second-order valence-electron chi connectivity index (χ2n) is 8.39. The molecule has 0 radical (unpaired) electrons. The first-order chi connectivity index (χ1) is 15.1. The van der Waals surface area contributed by atoms with Gasteiger partial charge < -0.3 is 15.0 Å². The van der Waals surface area contributed by atoms with Crippen LogP contribution in [0.15, 0.2) is 46.9 Å². The number of ether oxygens (including phenoxy) is 1. The Balaban J connectivity index is 1.59. The van der Waals surface area contributed by atoms with Crippen LogP contribution in [-0.4, -0.2) is 46.7 Å². The van der Waals surface area contributed by atoms with Gasteiger partial charge in [0.15, 0.2) is 5.72 Å². The Hall–Kier alpha value is -2.13. The Labute approximate surface area is 202 Å². The van der Waals surface area contributed by atoms with Crippen molar-refractivity contribution in [2.75, 3.05) is 11.4 Å². The second kappa shape index (κ2) is 7.45. The molecule has 1 spiro atoms. The first-order valence-electron chi connectivity index (χ1n) is 9.99. The summed E-state index contributed by atoms with van der Waals surface area (Å²) in [6, 6.07) is 11.7. The summed E-state index contributed by atoms with van der Waals surface area (Å²) >= 11 is 15.7. The molecule has 7 nitrogen and oxygen atoms in total. The fourth-order valence-electron chi connectivity index (χ4n) is 4.87. The van der Waals surface area contributed by atoms with Crippen LogP contribution in [0.5, 0.6) is 0 Å². The largest absolute Gasteiger partial charge is 0.341 e. The maximum atomic E-state index is 13.9. The summed E-state index contributed by atoms with van der Waals surface area (Å²) in [6.07, 6.45) is -0.250. The van der Waals surface area contributed by atoms with E-state index < -0.39 is 29.3 Å². The van der Waals surface area contributed by atoms with Crippen LogP contribution in [0, 0.1) is 0 Å². The van der Waals surface area contributed by atoms with E-state index >= 15 is 0 Å². The number of rotatable bonds is 3. The van der Waals surface area contributed by atoms with E-state index in [1.807, 2.05) is 24.3 Å². The van der Waals surface area contributed by atoms with Crippen molar-refractivity contribution in [3.8, 4) is 0 Å². The van der Waals surface area contributed by atoms with Crippen molar-refractivity contribution in [2.24, 2.45) is 0 Å². The van der Waals surface area contributed by atoms with E-state index in [0.29, 0.717) is 15.7 Å². The SMILES string of the molecule is C[C@@H]1O[C@]2(CN3C(=O)N(c4cc(Cl)cc(Cl)c4)C(=O)[C@]3(Cc3ccc(Br)cc3)C2)NC1=O. The lowest BCUT2D eigenvalue weighted by Gasteiger charge is -2.28. The molecule has 4 amide bonds. The van der Waals surface area contributed by atoms with Gasteiger partial charge >= 0.3 is 6.03 Å². The normalized spacial score (nSPS) is 29.2. The van der Waals surface area contributed by atoms with Gasteiger partial charge in [-0.2, -0.15) is 0 Å². The number of halogens is 3. The first-order valence-corrected chi connectivity index (χ1v) is 11.5. The lowest BCUT2D eigenvalue weighted by Crippen LogP contribution is -2.49. The van der Waals surface area contributed by atoms with Crippen LogP contribution in [0.4, 0.5) is 10.5 Å². The summed E-state index contributed by atoms with van der Waals surface area (Å²) in [5, 5.41) is 3.50. The van der Waals surface area contributed by atoms with Gasteiger partial charge in [0, 0.05) is 27.4 Å². The molecule has 3 aliphatic heterocycles. The van der Waals surface area contributed by atoms with E-state index in [9.17, 15) is 14.4 Å². The molecule has 3 saturated heterocycles. The van der Waals surface area contributed by atoms with Gasteiger partial charge in [-0.1, -0.05) is 51.3 Å². The van der Waals surface area contributed by atoms with E-state index in [4.69, 9.17) is 27.9 Å². The van der Waals surface area contributed by atoms with E-state index in [2.05, 4.69) is 21.2 Å². The van der Waals surface area contributed by atoms with Crippen molar-refractivity contribution in [3.63, 3.8) is 0 Å². The summed E-state index contributed by atoms with van der Waals surface area (Å²) in [5.41, 5.74) is -1.15. The Morgan fingerprint density at radius 1 is 1.12 bits per heavy atom. The number of benzene rings is 2. The van der Waals surface area contributed by atoms with Crippen LogP contribution < -0.4 is 10.2 Å². The van der Waals surface area contributed by atoms with Crippen molar-refractivity contribution >= 4 is 62.7 Å². The number of hydrogen-bond acceptors (Lipinski definition) is 4. The first kappa shape index (κ1) is 21.7. The molecule has 0 aliphatic carbocycles. The number of carbonyl (C=O) groups excluding carboxylic acids is 3. The molecule has 10 heteroatoms. The molecule has 1 N–H and O–H groups in total. The minimum atomic E-state index is -1.23. The van der Waals surface area contributed by atoms with Crippen LogP contribution in [0.3, 0.4) is 0 Å². The molecule has 32 heavy (non-hydrogen) atoms. The molecule has 3 atom stereocenters. The highest BCUT2D eigenvalue weighted by molar-refractivity contribution is 9.10. The summed E-state index contributed by atoms with van der Waals surface area (Å²) in [6.45, 7) is 1.72. The average Bonchev–Trinajstić information content (AvgIpc) is 3.24. The third-order valence-corrected chi connectivity index (χ3v) is 7.13. The standard InChI is InChI=1S/C22H18BrCl2N3O4/c1-12-18(29)26-22(32-12)10-21(9-13-2-4-14(23)5-3-13)19(30)28(20(31)27(21)11-22)17-7-15(24)6-16(25)8-17/h2-8,12H,9-11H2,1H3,(H,26,29)/t12-,21-,22+/m0/s1. The van der Waals surface area contributed by atoms with Gasteiger partial charge in [-0.15, -0.1) is 0 Å². The van der Waals surface area contributed by atoms with Crippen LogP contribution in [-0.2, 0) is 20.7 Å². The number of hydrogen-bond donors (Lipinski definition) is 1. The third kappa shape index (κ3) is 3.32. The van der Waals surface area contributed by atoms with Crippen LogP contribution in [0.25, 0.3) is 0 Å². The van der Waals surface area contributed by atoms with Gasteiger partial charge in [-0.05, 0) is 42.8 Å². The zero-order valence-corrected chi connectivity index (χ0v) is 20.0. The third-order valence-electron chi connectivity index (χ3n) is 6.17. The molecule has 0 bridgehead atoms. The van der Waals surface area contributed by atoms with Crippen molar-refractivity contribution < 1.29 is 19.1 Å². The van der Waals surface area contributed by atoms with Crippen LogP contribution in [0.1, 0.15) is 18.9 Å². The lowest BCUT2D eigenvalue weighted by molar-refractivity contribution is -0.124. The predicted octanol–water partition coefficient (Wildman–Crippen LogP) is 4.14. The smallest absolute Gasteiger partial charge is 0.332 e. The van der Waals surface area contributed by atoms with Gasteiger partial charge in [-0.3, -0.25) is 9.59 Å². The molecular weight excluding hydrogens is 521 g/mol. The molecule has 0 saturated carbocycles. The van der Waals surface area contributed by atoms with Crippen LogP contribution >= 0.6 is 39.1 Å². The minimum absolute atomic E-state index is 0.0645. The number of amides is 4. The van der Waals surface area contributed by atoms with Gasteiger partial charge in [0.1, 0.15) is 11.6 Å². The molecule has 3 fully saturated rings. The maximum absolute atomic E-state index is 13.9. The molecule has 166 valence electrons. The average molecular weight is 539 g/mol. The van der Waals surface area contributed by atoms with Gasteiger partial charge in [0.25, 0.3) is 11.8 Å². The molecular formula is C22H18BrCl2N3O4. The summed E-state index contributed by atoms with van der Waals surface area (Å²) in [4.78, 5) is 42.3. The Kier molecular flexibility index (Phi) is 5.05. The van der Waals surface area contributed by atoms with Crippen molar-refractivity contribution in [1.82, 2.24) is 10.2 Å². The molecule has 5 rings (SSSR count). The highest BCUT2D eigenvalue weighted by Gasteiger charge is 2.68. The van der Waals surface area contributed by atoms with Crippen molar-refractivity contribution in [2.45, 2.75) is 37.1 Å². The zero-order chi connectivity index (χ0) is 22.8. The predicted molar refractivity (Wildman–Crippen MR) is 123 cm³/mol. The number of nitrogens with zero attached hydrogens (tertiary/aromatic N) is 2. The number of urea groups is 1. The summed E-state index contributed by atoms with van der Waals surface area (Å²) in [7, 11) is 0. The topological polar surface area (TPSA) is 79.0 Å². The molecule has 3 heterocycles. The fourth-order valence-corrected chi connectivity index (χ4v) is 5.65. The number of imide groups is 1. The van der Waals surface area contributed by atoms with Crippen molar-refractivity contribution in [1.29, 1.82) is 0 Å². The minimum Gasteiger partial charge on any atom is -0.341 e. The number of nitrogens with one attached hydrogen (secondary N) is 1. The quantitative estimate of drug-likeness (QED) is 0.596. The molecule has 2 aromatic carbocycles. The molecule has 0 unspecified atom stereocenters. The fraction of sp³-hybridized carbons (Fsp3) is 0.318. The Bertz CT molecular complexity index is 1140.